The van der Waals surface area contributed by atoms with Gasteiger partial charge in [-0.05, 0) is 51.7 Å². The monoisotopic (exact) mass is 343 g/mol. The zero-order valence-electron chi connectivity index (χ0n) is 9.61. The highest BCUT2D eigenvalue weighted by molar-refractivity contribution is 9.10. The summed E-state index contributed by atoms with van der Waals surface area (Å²) in [6.07, 6.45) is 4.50. The van der Waals surface area contributed by atoms with Gasteiger partial charge in [-0.3, -0.25) is 4.98 Å². The van der Waals surface area contributed by atoms with Gasteiger partial charge in [-0.2, -0.15) is 0 Å². The van der Waals surface area contributed by atoms with Crippen LogP contribution in [0.25, 0.3) is 0 Å². The van der Waals surface area contributed by atoms with Gasteiger partial charge in [0, 0.05) is 33.7 Å². The van der Waals surface area contributed by atoms with Crippen molar-refractivity contribution in [1.82, 2.24) is 4.98 Å². The Morgan fingerprint density at radius 2 is 2.06 bits per heavy atom. The first kappa shape index (κ1) is 13.9. The third-order valence-corrected chi connectivity index (χ3v) is 3.79. The molecule has 1 nitrogen and oxygen atoms in total. The van der Waals surface area contributed by atoms with Gasteiger partial charge in [-0.1, -0.05) is 23.7 Å². The molecule has 0 fully saturated rings. The predicted molar refractivity (Wildman–Crippen MR) is 80.6 cm³/mol. The van der Waals surface area contributed by atoms with Gasteiger partial charge in [0.1, 0.15) is 0 Å². The van der Waals surface area contributed by atoms with Crippen molar-refractivity contribution in [3.63, 3.8) is 0 Å². The molecule has 94 valence electrons. The minimum atomic E-state index is 0.251. The van der Waals surface area contributed by atoms with E-state index in [0.717, 1.165) is 27.0 Å². The lowest BCUT2D eigenvalue weighted by Gasteiger charge is -2.14. The first-order chi connectivity index (χ1) is 8.69. The number of rotatable bonds is 4. The van der Waals surface area contributed by atoms with Crippen molar-refractivity contribution in [3.05, 3.63) is 63.3 Å². The smallest absolute Gasteiger partial charge is 0.0410 e. The van der Waals surface area contributed by atoms with Gasteiger partial charge >= 0.3 is 0 Å². The molecule has 0 bridgehead atoms. The molecule has 2 rings (SSSR count). The van der Waals surface area contributed by atoms with Crippen LogP contribution in [0.4, 0.5) is 0 Å². The van der Waals surface area contributed by atoms with Crippen LogP contribution in [-0.4, -0.2) is 10.9 Å². The molecule has 0 amide bonds. The summed E-state index contributed by atoms with van der Waals surface area (Å²) < 4.78 is 0.986. The number of hydrogen-bond acceptors (Lipinski definition) is 1. The van der Waals surface area contributed by atoms with Gasteiger partial charge in [-0.25, -0.2) is 0 Å². The highest BCUT2D eigenvalue weighted by atomic mass is 79.9. The molecule has 18 heavy (non-hydrogen) atoms. The summed E-state index contributed by atoms with van der Waals surface area (Å²) >= 11 is 15.5. The fourth-order valence-corrected chi connectivity index (χ4v) is 2.77. The summed E-state index contributed by atoms with van der Waals surface area (Å²) in [4.78, 5) is 4.17. The lowest BCUT2D eigenvalue weighted by molar-refractivity contribution is 0.763. The zero-order chi connectivity index (χ0) is 13.0. The van der Waals surface area contributed by atoms with E-state index in [1.54, 1.807) is 6.20 Å². The van der Waals surface area contributed by atoms with Crippen LogP contribution < -0.4 is 0 Å². The van der Waals surface area contributed by atoms with E-state index in [9.17, 15) is 0 Å². The summed E-state index contributed by atoms with van der Waals surface area (Å²) in [5.74, 6) is 0.814. The Morgan fingerprint density at radius 3 is 2.72 bits per heavy atom. The van der Waals surface area contributed by atoms with Crippen molar-refractivity contribution in [3.8, 4) is 0 Å². The van der Waals surface area contributed by atoms with Crippen LogP contribution in [0.5, 0.6) is 0 Å². The number of pyridine rings is 1. The molecule has 1 atom stereocenters. The van der Waals surface area contributed by atoms with Gasteiger partial charge < -0.3 is 0 Å². The van der Waals surface area contributed by atoms with E-state index in [2.05, 4.69) is 33.0 Å². The van der Waals surface area contributed by atoms with E-state index >= 15 is 0 Å². The van der Waals surface area contributed by atoms with Crippen molar-refractivity contribution in [2.45, 2.75) is 12.3 Å². The first-order valence-electron chi connectivity index (χ1n) is 5.60. The Morgan fingerprint density at radius 1 is 1.22 bits per heavy atom. The minimum absolute atomic E-state index is 0.251. The highest BCUT2D eigenvalue weighted by Crippen LogP contribution is 2.25. The third-order valence-electron chi connectivity index (χ3n) is 2.75. The van der Waals surface area contributed by atoms with Crippen LogP contribution in [0, 0.1) is 0 Å². The van der Waals surface area contributed by atoms with Crippen molar-refractivity contribution >= 4 is 39.1 Å². The SMILES string of the molecule is ClCC(Cc1cncc(Br)c1)c1cccc(Cl)c1. The van der Waals surface area contributed by atoms with Gasteiger partial charge in [-0.15, -0.1) is 11.6 Å². The summed E-state index contributed by atoms with van der Waals surface area (Å²) in [5.41, 5.74) is 2.33. The van der Waals surface area contributed by atoms with E-state index in [0.29, 0.717) is 5.88 Å². The molecule has 0 radical (unpaired) electrons. The fraction of sp³-hybridized carbons (Fsp3) is 0.214. The van der Waals surface area contributed by atoms with Crippen LogP contribution in [-0.2, 0) is 6.42 Å². The minimum Gasteiger partial charge on any atom is -0.263 e. The van der Waals surface area contributed by atoms with E-state index < -0.39 is 0 Å². The van der Waals surface area contributed by atoms with E-state index in [1.165, 1.54) is 0 Å². The Balaban J connectivity index is 2.19. The van der Waals surface area contributed by atoms with Gasteiger partial charge in [0.05, 0.1) is 0 Å². The molecular weight excluding hydrogens is 333 g/mol. The number of nitrogens with zero attached hydrogens (tertiary/aromatic N) is 1. The quantitative estimate of drug-likeness (QED) is 0.706. The molecular formula is C14H12BrCl2N. The standard InChI is InChI=1S/C14H12BrCl2N/c15-13-5-10(8-18-9-13)4-12(7-16)11-2-1-3-14(17)6-11/h1-3,5-6,8-9,12H,4,7H2. The fourth-order valence-electron chi connectivity index (χ4n) is 1.87. The van der Waals surface area contributed by atoms with Crippen LogP contribution >= 0.6 is 39.1 Å². The highest BCUT2D eigenvalue weighted by Gasteiger charge is 2.12. The van der Waals surface area contributed by atoms with Crippen LogP contribution in [0.3, 0.4) is 0 Å². The van der Waals surface area contributed by atoms with E-state index in [-0.39, 0.29) is 5.92 Å². The number of halogens is 3. The number of benzene rings is 1. The molecule has 4 heteroatoms. The lowest BCUT2D eigenvalue weighted by atomic mass is 9.94. The third kappa shape index (κ3) is 3.71. The van der Waals surface area contributed by atoms with Crippen LogP contribution in [0.1, 0.15) is 17.0 Å². The summed E-state index contributed by atoms with van der Waals surface area (Å²) in [6.45, 7) is 0. The molecule has 2 aromatic rings. The molecule has 0 saturated carbocycles. The molecule has 1 aromatic carbocycles. The maximum Gasteiger partial charge on any atom is 0.0410 e. The van der Waals surface area contributed by atoms with Crippen LogP contribution in [0.2, 0.25) is 5.02 Å². The average molecular weight is 345 g/mol. The molecule has 0 saturated heterocycles. The van der Waals surface area contributed by atoms with Crippen molar-refractivity contribution in [1.29, 1.82) is 0 Å². The summed E-state index contributed by atoms with van der Waals surface area (Å²) in [6, 6.07) is 9.93. The largest absolute Gasteiger partial charge is 0.263 e. The van der Waals surface area contributed by atoms with Gasteiger partial charge in [0.2, 0.25) is 0 Å². The van der Waals surface area contributed by atoms with Gasteiger partial charge in [0.25, 0.3) is 0 Å². The van der Waals surface area contributed by atoms with E-state index in [4.69, 9.17) is 23.2 Å². The molecule has 0 N–H and O–H groups in total. The Kier molecular flexibility index (Phi) is 5.04. The number of alkyl halides is 1. The Bertz CT molecular complexity index is 531. The van der Waals surface area contributed by atoms with Crippen molar-refractivity contribution in [2.24, 2.45) is 0 Å². The molecule has 0 spiro atoms. The Hall–Kier alpha value is -0.570. The molecule has 1 heterocycles. The normalized spacial score (nSPS) is 12.4. The van der Waals surface area contributed by atoms with Crippen LogP contribution in [0.15, 0.2) is 47.2 Å². The van der Waals surface area contributed by atoms with E-state index in [1.807, 2.05) is 24.4 Å². The lowest BCUT2D eigenvalue weighted by Crippen LogP contribution is -2.05. The second-order valence-electron chi connectivity index (χ2n) is 4.12. The molecule has 1 unspecified atom stereocenters. The topological polar surface area (TPSA) is 12.9 Å². The number of aromatic nitrogens is 1. The molecule has 1 aromatic heterocycles. The summed E-state index contributed by atoms with van der Waals surface area (Å²) in [5, 5.41) is 0.745. The van der Waals surface area contributed by atoms with Gasteiger partial charge in [0.15, 0.2) is 0 Å². The maximum atomic E-state index is 6.07. The number of hydrogen-bond donors (Lipinski definition) is 0. The maximum absolute atomic E-state index is 6.07. The molecule has 0 aliphatic carbocycles. The first-order valence-corrected chi connectivity index (χ1v) is 7.30. The Labute approximate surface area is 125 Å². The summed E-state index contributed by atoms with van der Waals surface area (Å²) in [7, 11) is 0. The average Bonchev–Trinajstić information content (AvgIpc) is 2.36. The van der Waals surface area contributed by atoms with Crippen molar-refractivity contribution < 1.29 is 0 Å². The molecule has 0 aliphatic rings. The second-order valence-corrected chi connectivity index (χ2v) is 5.78. The molecule has 0 aliphatic heterocycles. The zero-order valence-corrected chi connectivity index (χ0v) is 12.7. The predicted octanol–water partition coefficient (Wildman–Crippen LogP) is 5.06. The second kappa shape index (κ2) is 6.55. The van der Waals surface area contributed by atoms with Crippen molar-refractivity contribution in [2.75, 3.05) is 5.88 Å².